The van der Waals surface area contributed by atoms with E-state index in [4.69, 9.17) is 4.74 Å². The van der Waals surface area contributed by atoms with Gasteiger partial charge in [-0.3, -0.25) is 14.6 Å². The molecule has 2 aromatic rings. The molecule has 1 aliphatic rings. The van der Waals surface area contributed by atoms with Crippen LogP contribution in [0.5, 0.6) is 5.75 Å². The van der Waals surface area contributed by atoms with Crippen LogP contribution in [0.3, 0.4) is 0 Å². The van der Waals surface area contributed by atoms with Gasteiger partial charge in [0.15, 0.2) is 0 Å². The van der Waals surface area contributed by atoms with E-state index in [1.54, 1.807) is 42.3 Å². The Morgan fingerprint density at radius 2 is 1.88 bits per heavy atom. The summed E-state index contributed by atoms with van der Waals surface area (Å²) in [6.07, 6.45) is 1.49. The monoisotopic (exact) mass is 354 g/mol. The van der Waals surface area contributed by atoms with E-state index in [2.05, 4.69) is 15.2 Å². The first-order valence-corrected chi connectivity index (χ1v) is 8.46. The summed E-state index contributed by atoms with van der Waals surface area (Å²) in [6.45, 7) is 3.00. The standard InChI is InChI=1S/C19H22N4O3/c1-22-8-10-23(11-9-22)19(25)17-12-14(6-7-20-17)18(24)21-15-4-3-5-16(13-15)26-2/h3-7,12-13H,8-11H2,1-2H3,(H,21,24). The van der Waals surface area contributed by atoms with E-state index in [1.165, 1.54) is 12.3 Å². The SMILES string of the molecule is COc1cccc(NC(=O)c2ccnc(C(=O)N3CCN(C)CC3)c2)c1. The average Bonchev–Trinajstić information content (AvgIpc) is 2.68. The molecule has 0 saturated carbocycles. The summed E-state index contributed by atoms with van der Waals surface area (Å²) in [7, 11) is 3.60. The molecule has 2 heterocycles. The van der Waals surface area contributed by atoms with Gasteiger partial charge in [-0.1, -0.05) is 6.07 Å². The quantitative estimate of drug-likeness (QED) is 0.905. The zero-order chi connectivity index (χ0) is 18.5. The molecule has 7 nitrogen and oxygen atoms in total. The number of benzene rings is 1. The smallest absolute Gasteiger partial charge is 0.272 e. The first-order chi connectivity index (χ1) is 12.6. The fourth-order valence-electron chi connectivity index (χ4n) is 2.76. The third-order valence-electron chi connectivity index (χ3n) is 4.36. The van der Waals surface area contributed by atoms with Gasteiger partial charge in [0.25, 0.3) is 11.8 Å². The highest BCUT2D eigenvalue weighted by atomic mass is 16.5. The summed E-state index contributed by atoms with van der Waals surface area (Å²) in [6, 6.07) is 10.2. The summed E-state index contributed by atoms with van der Waals surface area (Å²) < 4.78 is 5.15. The number of rotatable bonds is 4. The van der Waals surface area contributed by atoms with Gasteiger partial charge in [0.1, 0.15) is 11.4 Å². The lowest BCUT2D eigenvalue weighted by Crippen LogP contribution is -2.47. The number of nitrogens with zero attached hydrogens (tertiary/aromatic N) is 3. The Balaban J connectivity index is 1.71. The summed E-state index contributed by atoms with van der Waals surface area (Å²) in [5, 5.41) is 2.81. The normalized spacial score (nSPS) is 14.8. The van der Waals surface area contributed by atoms with Crippen LogP contribution in [0.15, 0.2) is 42.6 Å². The van der Waals surface area contributed by atoms with Crippen LogP contribution in [0.2, 0.25) is 0 Å². The molecule has 3 rings (SSSR count). The van der Waals surface area contributed by atoms with Crippen LogP contribution < -0.4 is 10.1 Å². The molecule has 0 unspecified atom stereocenters. The highest BCUT2D eigenvalue weighted by Gasteiger charge is 2.22. The molecule has 1 N–H and O–H groups in total. The molecule has 0 bridgehead atoms. The Hall–Kier alpha value is -2.93. The maximum Gasteiger partial charge on any atom is 0.272 e. The number of ether oxygens (including phenoxy) is 1. The van der Waals surface area contributed by atoms with Gasteiger partial charge >= 0.3 is 0 Å². The first kappa shape index (κ1) is 17.9. The second kappa shape index (κ2) is 7.97. The van der Waals surface area contributed by atoms with Crippen molar-refractivity contribution < 1.29 is 14.3 Å². The van der Waals surface area contributed by atoms with E-state index in [9.17, 15) is 9.59 Å². The number of anilines is 1. The fourth-order valence-corrected chi connectivity index (χ4v) is 2.76. The molecule has 0 atom stereocenters. The number of aromatic nitrogens is 1. The molecule has 1 aliphatic heterocycles. The van der Waals surface area contributed by atoms with Crippen molar-refractivity contribution in [3.05, 3.63) is 53.9 Å². The van der Waals surface area contributed by atoms with Crippen LogP contribution >= 0.6 is 0 Å². The lowest BCUT2D eigenvalue weighted by Gasteiger charge is -2.32. The Morgan fingerprint density at radius 1 is 1.12 bits per heavy atom. The molecule has 1 aromatic heterocycles. The molecule has 2 amide bonds. The highest BCUT2D eigenvalue weighted by molar-refractivity contribution is 6.05. The van der Waals surface area contributed by atoms with E-state index in [0.717, 1.165) is 13.1 Å². The number of piperazine rings is 1. The number of likely N-dealkylation sites (N-methyl/N-ethyl adjacent to an activating group) is 1. The van der Waals surface area contributed by atoms with E-state index >= 15 is 0 Å². The van der Waals surface area contributed by atoms with E-state index in [0.29, 0.717) is 30.1 Å². The van der Waals surface area contributed by atoms with Gasteiger partial charge in [0, 0.05) is 49.7 Å². The number of nitrogens with one attached hydrogen (secondary N) is 1. The topological polar surface area (TPSA) is 74.8 Å². The third-order valence-corrected chi connectivity index (χ3v) is 4.36. The molecule has 1 saturated heterocycles. The number of amides is 2. The van der Waals surface area contributed by atoms with Gasteiger partial charge in [-0.05, 0) is 31.3 Å². The molecular weight excluding hydrogens is 332 g/mol. The number of pyridine rings is 1. The molecule has 1 fully saturated rings. The van der Waals surface area contributed by atoms with Crippen LogP contribution in [0.1, 0.15) is 20.8 Å². The van der Waals surface area contributed by atoms with Gasteiger partial charge in [-0.2, -0.15) is 0 Å². The number of hydrogen-bond acceptors (Lipinski definition) is 5. The van der Waals surface area contributed by atoms with Crippen molar-refractivity contribution in [2.45, 2.75) is 0 Å². The Bertz CT molecular complexity index is 801. The predicted molar refractivity (Wildman–Crippen MR) is 98.6 cm³/mol. The van der Waals surface area contributed by atoms with E-state index in [1.807, 2.05) is 7.05 Å². The molecule has 136 valence electrons. The Labute approximate surface area is 152 Å². The fraction of sp³-hybridized carbons (Fsp3) is 0.316. The zero-order valence-corrected chi connectivity index (χ0v) is 14.9. The second-order valence-electron chi connectivity index (χ2n) is 6.21. The van der Waals surface area contributed by atoms with Crippen molar-refractivity contribution in [3.63, 3.8) is 0 Å². The van der Waals surface area contributed by atoms with E-state index in [-0.39, 0.29) is 17.5 Å². The van der Waals surface area contributed by atoms with Gasteiger partial charge in [-0.25, -0.2) is 0 Å². The van der Waals surface area contributed by atoms with Crippen molar-refractivity contribution in [1.29, 1.82) is 0 Å². The van der Waals surface area contributed by atoms with Crippen molar-refractivity contribution >= 4 is 17.5 Å². The van der Waals surface area contributed by atoms with Crippen LogP contribution in [0.25, 0.3) is 0 Å². The van der Waals surface area contributed by atoms with Crippen LogP contribution in [0, 0.1) is 0 Å². The number of carbonyl (C=O) groups excluding carboxylic acids is 2. The van der Waals surface area contributed by atoms with Crippen LogP contribution in [0.4, 0.5) is 5.69 Å². The minimum Gasteiger partial charge on any atom is -0.497 e. The lowest BCUT2D eigenvalue weighted by molar-refractivity contribution is 0.0658. The maximum absolute atomic E-state index is 12.6. The van der Waals surface area contributed by atoms with Crippen molar-refractivity contribution in [1.82, 2.24) is 14.8 Å². The molecule has 0 aliphatic carbocycles. The first-order valence-electron chi connectivity index (χ1n) is 8.46. The van der Waals surface area contributed by atoms with Gasteiger partial charge < -0.3 is 19.9 Å². The van der Waals surface area contributed by atoms with Gasteiger partial charge in [0.05, 0.1) is 7.11 Å². The van der Waals surface area contributed by atoms with Gasteiger partial charge in [-0.15, -0.1) is 0 Å². The summed E-state index contributed by atoms with van der Waals surface area (Å²) >= 11 is 0. The summed E-state index contributed by atoms with van der Waals surface area (Å²) in [5.41, 5.74) is 1.30. The molecular formula is C19H22N4O3. The molecule has 0 spiro atoms. The molecule has 26 heavy (non-hydrogen) atoms. The van der Waals surface area contributed by atoms with Crippen molar-refractivity contribution in [3.8, 4) is 5.75 Å². The zero-order valence-electron chi connectivity index (χ0n) is 14.9. The van der Waals surface area contributed by atoms with Crippen LogP contribution in [-0.2, 0) is 0 Å². The maximum atomic E-state index is 12.6. The minimum atomic E-state index is -0.298. The molecule has 7 heteroatoms. The summed E-state index contributed by atoms with van der Waals surface area (Å²) in [5.74, 6) is 0.214. The largest absolute Gasteiger partial charge is 0.497 e. The van der Waals surface area contributed by atoms with E-state index < -0.39 is 0 Å². The Kier molecular flexibility index (Phi) is 5.48. The minimum absolute atomic E-state index is 0.144. The molecule has 1 aromatic carbocycles. The number of methoxy groups -OCH3 is 1. The lowest BCUT2D eigenvalue weighted by atomic mass is 10.2. The highest BCUT2D eigenvalue weighted by Crippen LogP contribution is 2.18. The van der Waals surface area contributed by atoms with Crippen LogP contribution in [-0.4, -0.2) is 66.9 Å². The Morgan fingerprint density at radius 3 is 2.62 bits per heavy atom. The van der Waals surface area contributed by atoms with Gasteiger partial charge in [0.2, 0.25) is 0 Å². The van der Waals surface area contributed by atoms with Crippen molar-refractivity contribution in [2.24, 2.45) is 0 Å². The third kappa shape index (κ3) is 4.18. The molecule has 0 radical (unpaired) electrons. The van der Waals surface area contributed by atoms with Crippen molar-refractivity contribution in [2.75, 3.05) is 45.7 Å². The number of hydrogen-bond donors (Lipinski definition) is 1. The average molecular weight is 354 g/mol. The summed E-state index contributed by atoms with van der Waals surface area (Å²) in [4.78, 5) is 33.2. The predicted octanol–water partition coefficient (Wildman–Crippen LogP) is 1.73. The second-order valence-corrected chi connectivity index (χ2v) is 6.21. The number of carbonyl (C=O) groups is 2.